The number of hydrogen-bond donors (Lipinski definition) is 1. The summed E-state index contributed by atoms with van der Waals surface area (Å²) in [4.78, 5) is 11.6. The first kappa shape index (κ1) is 17.8. The molecule has 136 valence electrons. The number of nitrogens with zero attached hydrogens (tertiary/aromatic N) is 5. The Hall–Kier alpha value is -3.02. The standard InChI is InChI=1S/C14H11F3N6O2S/c1-26(24,25)23-8-11(7-20-23)21-12-2-3-19-13(22-12)9-4-10(6-18-5-9)14(15,16)17/h2-8H,1H3,(H,19,21,22). The molecule has 0 saturated heterocycles. The highest BCUT2D eigenvalue weighted by Gasteiger charge is 2.31. The lowest BCUT2D eigenvalue weighted by molar-refractivity contribution is -0.137. The van der Waals surface area contributed by atoms with Crippen molar-refractivity contribution in [2.24, 2.45) is 0 Å². The third kappa shape index (κ3) is 3.96. The SMILES string of the molecule is CS(=O)(=O)n1cc(Nc2ccnc(-c3cncc(C(F)(F)F)c3)n2)cn1. The predicted molar refractivity (Wildman–Crippen MR) is 86.0 cm³/mol. The van der Waals surface area contributed by atoms with Gasteiger partial charge >= 0.3 is 6.18 Å². The lowest BCUT2D eigenvalue weighted by Crippen LogP contribution is -2.09. The van der Waals surface area contributed by atoms with Crippen LogP contribution in [-0.4, -0.2) is 38.8 Å². The van der Waals surface area contributed by atoms with E-state index in [-0.39, 0.29) is 17.2 Å². The molecular formula is C14H11F3N6O2S. The number of nitrogens with one attached hydrogen (secondary N) is 1. The summed E-state index contributed by atoms with van der Waals surface area (Å²) in [5.74, 6) is 0.282. The van der Waals surface area contributed by atoms with Gasteiger partial charge in [-0.05, 0) is 12.1 Å². The second-order valence-corrected chi connectivity index (χ2v) is 7.06. The van der Waals surface area contributed by atoms with Crippen molar-refractivity contribution in [1.82, 2.24) is 24.1 Å². The quantitative estimate of drug-likeness (QED) is 0.736. The zero-order valence-electron chi connectivity index (χ0n) is 13.1. The maximum absolute atomic E-state index is 12.8. The normalized spacial score (nSPS) is 12.2. The molecule has 26 heavy (non-hydrogen) atoms. The summed E-state index contributed by atoms with van der Waals surface area (Å²) in [5, 5.41) is 6.50. The molecule has 0 aliphatic heterocycles. The number of hydrogen-bond acceptors (Lipinski definition) is 7. The number of halogens is 3. The van der Waals surface area contributed by atoms with Crippen LogP contribution in [0.1, 0.15) is 5.56 Å². The minimum atomic E-state index is -4.53. The van der Waals surface area contributed by atoms with Crippen molar-refractivity contribution in [2.45, 2.75) is 6.18 Å². The Balaban J connectivity index is 1.88. The molecule has 0 radical (unpaired) electrons. The van der Waals surface area contributed by atoms with Gasteiger partial charge in [-0.25, -0.2) is 18.4 Å². The monoisotopic (exact) mass is 384 g/mol. The lowest BCUT2D eigenvalue weighted by atomic mass is 10.2. The van der Waals surface area contributed by atoms with E-state index in [4.69, 9.17) is 0 Å². The second-order valence-electron chi connectivity index (χ2n) is 5.22. The van der Waals surface area contributed by atoms with Gasteiger partial charge in [-0.3, -0.25) is 4.98 Å². The van der Waals surface area contributed by atoms with E-state index in [2.05, 4.69) is 25.4 Å². The van der Waals surface area contributed by atoms with Gasteiger partial charge in [0.15, 0.2) is 5.82 Å². The molecule has 3 rings (SSSR count). The molecule has 0 aromatic carbocycles. The van der Waals surface area contributed by atoms with E-state index >= 15 is 0 Å². The van der Waals surface area contributed by atoms with Crippen LogP contribution >= 0.6 is 0 Å². The molecule has 3 aromatic heterocycles. The van der Waals surface area contributed by atoms with Crippen molar-refractivity contribution in [1.29, 1.82) is 0 Å². The number of anilines is 2. The minimum Gasteiger partial charge on any atom is -0.338 e. The summed E-state index contributed by atoms with van der Waals surface area (Å²) in [6.45, 7) is 0. The largest absolute Gasteiger partial charge is 0.417 e. The van der Waals surface area contributed by atoms with Crippen molar-refractivity contribution in [2.75, 3.05) is 11.6 Å². The first-order valence-electron chi connectivity index (χ1n) is 7.01. The molecule has 3 heterocycles. The molecule has 12 heteroatoms. The van der Waals surface area contributed by atoms with E-state index in [0.29, 0.717) is 11.9 Å². The van der Waals surface area contributed by atoms with Crippen LogP contribution in [0.4, 0.5) is 24.7 Å². The molecule has 0 spiro atoms. The molecule has 0 amide bonds. The van der Waals surface area contributed by atoms with E-state index in [1.54, 1.807) is 0 Å². The molecule has 0 bridgehead atoms. The van der Waals surface area contributed by atoms with Gasteiger partial charge in [0.25, 0.3) is 10.0 Å². The van der Waals surface area contributed by atoms with Crippen LogP contribution < -0.4 is 5.32 Å². The Morgan fingerprint density at radius 1 is 1.19 bits per heavy atom. The molecule has 0 fully saturated rings. The van der Waals surface area contributed by atoms with Crippen molar-refractivity contribution in [3.8, 4) is 11.4 Å². The van der Waals surface area contributed by atoms with E-state index < -0.39 is 21.8 Å². The number of alkyl halides is 3. The first-order chi connectivity index (χ1) is 12.1. The molecule has 8 nitrogen and oxygen atoms in total. The zero-order chi connectivity index (χ0) is 18.9. The predicted octanol–water partition coefficient (Wildman–Crippen LogP) is 2.31. The Morgan fingerprint density at radius 2 is 1.96 bits per heavy atom. The summed E-state index contributed by atoms with van der Waals surface area (Å²) in [5.41, 5.74) is -0.482. The van der Waals surface area contributed by atoms with Gasteiger partial charge in [-0.2, -0.15) is 22.4 Å². The first-order valence-corrected chi connectivity index (χ1v) is 8.86. The van der Waals surface area contributed by atoms with Gasteiger partial charge in [-0.15, -0.1) is 0 Å². The molecule has 0 aliphatic carbocycles. The van der Waals surface area contributed by atoms with E-state index in [1.807, 2.05) is 0 Å². The van der Waals surface area contributed by atoms with Gasteiger partial charge in [0, 0.05) is 24.2 Å². The zero-order valence-corrected chi connectivity index (χ0v) is 14.0. The third-order valence-corrected chi connectivity index (χ3v) is 4.03. The van der Waals surface area contributed by atoms with Crippen molar-refractivity contribution < 1.29 is 21.6 Å². The average molecular weight is 384 g/mol. The average Bonchev–Trinajstić information content (AvgIpc) is 3.03. The van der Waals surface area contributed by atoms with Crippen molar-refractivity contribution >= 4 is 21.5 Å². The number of aromatic nitrogens is 5. The smallest absolute Gasteiger partial charge is 0.338 e. The molecule has 0 unspecified atom stereocenters. The summed E-state index contributed by atoms with van der Waals surface area (Å²) >= 11 is 0. The number of rotatable bonds is 4. The molecular weight excluding hydrogens is 373 g/mol. The maximum atomic E-state index is 12.8. The molecule has 0 saturated carbocycles. The van der Waals surface area contributed by atoms with Crippen LogP contribution in [0.5, 0.6) is 0 Å². The van der Waals surface area contributed by atoms with Gasteiger partial charge in [0.2, 0.25) is 0 Å². The second kappa shape index (κ2) is 6.37. The fourth-order valence-electron chi connectivity index (χ4n) is 1.98. The van der Waals surface area contributed by atoms with E-state index in [0.717, 1.165) is 16.4 Å². The van der Waals surface area contributed by atoms with E-state index in [1.165, 1.54) is 30.9 Å². The molecule has 3 aromatic rings. The Bertz CT molecular complexity index is 1050. The van der Waals surface area contributed by atoms with Gasteiger partial charge < -0.3 is 5.32 Å². The lowest BCUT2D eigenvalue weighted by Gasteiger charge is -2.08. The fraction of sp³-hybridized carbons (Fsp3) is 0.143. The highest BCUT2D eigenvalue weighted by Crippen LogP contribution is 2.30. The maximum Gasteiger partial charge on any atom is 0.417 e. The van der Waals surface area contributed by atoms with Crippen LogP contribution in [0.3, 0.4) is 0 Å². The topological polar surface area (TPSA) is 103 Å². The highest BCUT2D eigenvalue weighted by molar-refractivity contribution is 7.89. The van der Waals surface area contributed by atoms with Crippen LogP contribution in [0, 0.1) is 0 Å². The summed E-state index contributed by atoms with van der Waals surface area (Å²) in [7, 11) is -3.53. The van der Waals surface area contributed by atoms with Gasteiger partial charge in [-0.1, -0.05) is 0 Å². The highest BCUT2D eigenvalue weighted by atomic mass is 32.2. The summed E-state index contributed by atoms with van der Waals surface area (Å²) in [6, 6.07) is 2.37. The number of pyridine rings is 1. The van der Waals surface area contributed by atoms with Crippen molar-refractivity contribution in [3.05, 3.63) is 48.7 Å². The van der Waals surface area contributed by atoms with Gasteiger partial charge in [0.1, 0.15) is 5.82 Å². The summed E-state index contributed by atoms with van der Waals surface area (Å²) < 4.78 is 62.0. The Kier molecular flexibility index (Phi) is 4.36. The Morgan fingerprint density at radius 3 is 2.62 bits per heavy atom. The molecule has 0 atom stereocenters. The van der Waals surface area contributed by atoms with Crippen LogP contribution in [0.15, 0.2) is 43.1 Å². The fourth-order valence-corrected chi connectivity index (χ4v) is 2.51. The van der Waals surface area contributed by atoms with Crippen LogP contribution in [0.2, 0.25) is 0 Å². The minimum absolute atomic E-state index is 0.0316. The molecule has 0 aliphatic rings. The van der Waals surface area contributed by atoms with Crippen LogP contribution in [-0.2, 0) is 16.2 Å². The van der Waals surface area contributed by atoms with E-state index in [9.17, 15) is 21.6 Å². The van der Waals surface area contributed by atoms with Crippen molar-refractivity contribution in [3.63, 3.8) is 0 Å². The van der Waals surface area contributed by atoms with Gasteiger partial charge in [0.05, 0.1) is 29.9 Å². The Labute approximate surface area is 145 Å². The van der Waals surface area contributed by atoms with Crippen LogP contribution in [0.25, 0.3) is 11.4 Å². The molecule has 1 N–H and O–H groups in total. The summed E-state index contributed by atoms with van der Waals surface area (Å²) in [6.07, 6.45) is 2.26. The third-order valence-electron chi connectivity index (χ3n) is 3.15.